The number of aryl methyl sites for hydroxylation is 1. The van der Waals surface area contributed by atoms with Gasteiger partial charge in [-0.05, 0) is 0 Å². The van der Waals surface area contributed by atoms with Gasteiger partial charge < -0.3 is 0 Å². The van der Waals surface area contributed by atoms with Crippen LogP contribution < -0.4 is 18.9 Å². The molecule has 1 aromatic heterocycles. The van der Waals surface area contributed by atoms with Crippen molar-refractivity contribution in [3.63, 3.8) is 0 Å². The summed E-state index contributed by atoms with van der Waals surface area (Å²) in [5, 5.41) is 0. The average Bonchev–Trinajstić information content (AvgIpc) is 2.27. The molecule has 1 heterocycles. The van der Waals surface area contributed by atoms with E-state index in [1.54, 1.807) is 0 Å². The molecule has 0 N–H and O–H groups in total. The molecule has 0 saturated heterocycles. The van der Waals surface area contributed by atoms with Gasteiger partial charge in [0.1, 0.15) is 0 Å². The fraction of sp³-hybridized carbons (Fsp3) is 0.125. The number of rotatable bonds is 0. The van der Waals surface area contributed by atoms with E-state index in [1.165, 1.54) is 9.82 Å². The zero-order valence-corrected chi connectivity index (χ0v) is 9.53. The van der Waals surface area contributed by atoms with Crippen molar-refractivity contribution >= 4 is 36.9 Å². The maximum Gasteiger partial charge on any atom is 1.00 e. The topological polar surface area (TPSA) is 12.9 Å². The molecule has 2 rings (SSSR count). The number of fused-ring (bicyclic) bond motifs is 1. The molecule has 4 heteroatoms. The van der Waals surface area contributed by atoms with Crippen molar-refractivity contribution in [3.8, 4) is 0 Å². The summed E-state index contributed by atoms with van der Waals surface area (Å²) in [7, 11) is 0. The summed E-state index contributed by atoms with van der Waals surface area (Å²) >= 11 is 5.34. The standard InChI is InChI=1S/C8H7NSSe.Li/c1-5-2-3-6-7(4-5)11-8(10)9-6;/h2-4H,1H3,(H,9,10);/q;+1/p-1. The third kappa shape index (κ3) is 1.93. The zero-order chi connectivity index (χ0) is 7.84. The van der Waals surface area contributed by atoms with E-state index in [9.17, 15) is 0 Å². The average molecular weight is 234 g/mol. The third-order valence-corrected chi connectivity index (χ3v) is 3.75. The summed E-state index contributed by atoms with van der Waals surface area (Å²) in [6.45, 7) is 2.09. The van der Waals surface area contributed by atoms with Crippen LogP contribution in [0.15, 0.2) is 22.1 Å². The predicted molar refractivity (Wildman–Crippen MR) is 49.1 cm³/mol. The molecule has 0 bridgehead atoms. The van der Waals surface area contributed by atoms with Gasteiger partial charge in [-0.1, -0.05) is 0 Å². The third-order valence-electron chi connectivity index (χ3n) is 1.52. The number of hydrogen-bond acceptors (Lipinski definition) is 2. The molecule has 0 amide bonds. The first kappa shape index (κ1) is 10.3. The van der Waals surface area contributed by atoms with Crippen LogP contribution in [0.4, 0.5) is 0 Å². The van der Waals surface area contributed by atoms with Gasteiger partial charge in [0.05, 0.1) is 0 Å². The quantitative estimate of drug-likeness (QED) is 0.407. The molecule has 56 valence electrons. The normalized spacial score (nSPS) is 9.75. The van der Waals surface area contributed by atoms with Crippen molar-refractivity contribution in [3.05, 3.63) is 23.8 Å². The molecular weight excluding hydrogens is 228 g/mol. The summed E-state index contributed by atoms with van der Waals surface area (Å²) in [4.78, 5) is 4.25. The zero-order valence-electron chi connectivity index (χ0n) is 7.00. The fourth-order valence-electron chi connectivity index (χ4n) is 1.01. The molecule has 1 aromatic carbocycles. The summed E-state index contributed by atoms with van der Waals surface area (Å²) in [5.74, 6) is 0. The molecule has 1 nitrogen and oxygen atoms in total. The Morgan fingerprint density at radius 3 is 2.92 bits per heavy atom. The minimum Gasteiger partial charge on any atom is 1.00 e. The van der Waals surface area contributed by atoms with Gasteiger partial charge in [0.25, 0.3) is 0 Å². The first-order chi connectivity index (χ1) is 5.25. The van der Waals surface area contributed by atoms with Crippen LogP contribution in [-0.4, -0.2) is 19.5 Å². The number of nitrogens with zero attached hydrogens (tertiary/aromatic N) is 1. The predicted octanol–water partition coefficient (Wildman–Crippen LogP) is -1.49. The van der Waals surface area contributed by atoms with Gasteiger partial charge in [0.2, 0.25) is 0 Å². The minimum absolute atomic E-state index is 0. The molecule has 0 fully saturated rings. The van der Waals surface area contributed by atoms with E-state index in [0.717, 1.165) is 9.42 Å². The van der Waals surface area contributed by atoms with Crippen molar-refractivity contribution in [2.45, 2.75) is 10.8 Å². The maximum atomic E-state index is 5.03. The van der Waals surface area contributed by atoms with E-state index in [0.29, 0.717) is 14.5 Å². The van der Waals surface area contributed by atoms with Gasteiger partial charge in [-0.25, -0.2) is 0 Å². The summed E-state index contributed by atoms with van der Waals surface area (Å²) in [6.07, 6.45) is 0. The summed E-state index contributed by atoms with van der Waals surface area (Å²) in [5.41, 5.74) is 2.38. The van der Waals surface area contributed by atoms with Crippen molar-refractivity contribution in [2.24, 2.45) is 0 Å². The monoisotopic (exact) mass is 235 g/mol. The van der Waals surface area contributed by atoms with Crippen molar-refractivity contribution < 1.29 is 18.9 Å². The van der Waals surface area contributed by atoms with Crippen LogP contribution in [0.25, 0.3) is 9.78 Å². The molecular formula is C8H6LiNSSe. The van der Waals surface area contributed by atoms with Gasteiger partial charge in [-0.15, -0.1) is 0 Å². The second-order valence-corrected chi connectivity index (χ2v) is 5.58. The molecule has 0 unspecified atom stereocenters. The van der Waals surface area contributed by atoms with Crippen LogP contribution in [0.1, 0.15) is 5.56 Å². The van der Waals surface area contributed by atoms with Crippen LogP contribution >= 0.6 is 0 Å². The molecule has 0 atom stereocenters. The summed E-state index contributed by atoms with van der Waals surface area (Å²) < 4.78 is 2.21. The Balaban J connectivity index is 0.000000720. The SMILES string of the molecule is Cc1ccc2nc([S-])[se]c2c1.[Li+]. The van der Waals surface area contributed by atoms with E-state index in [-0.39, 0.29) is 18.9 Å². The van der Waals surface area contributed by atoms with Crippen LogP contribution in [-0.2, 0) is 12.6 Å². The maximum absolute atomic E-state index is 5.03. The van der Waals surface area contributed by atoms with Gasteiger partial charge >= 0.3 is 95.3 Å². The van der Waals surface area contributed by atoms with Gasteiger partial charge in [-0.3, -0.25) is 0 Å². The Kier molecular flexibility index (Phi) is 3.40. The fourth-order valence-corrected chi connectivity index (χ4v) is 3.24. The van der Waals surface area contributed by atoms with Gasteiger partial charge in [0.15, 0.2) is 0 Å². The van der Waals surface area contributed by atoms with Crippen LogP contribution in [0.3, 0.4) is 0 Å². The van der Waals surface area contributed by atoms with Crippen molar-refractivity contribution in [1.29, 1.82) is 0 Å². The minimum atomic E-state index is 0. The molecule has 0 saturated carbocycles. The van der Waals surface area contributed by atoms with Crippen LogP contribution in [0.5, 0.6) is 0 Å². The molecule has 0 aliphatic rings. The van der Waals surface area contributed by atoms with Crippen LogP contribution in [0, 0.1) is 6.92 Å². The number of benzene rings is 1. The van der Waals surface area contributed by atoms with Crippen molar-refractivity contribution in [1.82, 2.24) is 4.98 Å². The molecule has 0 aliphatic carbocycles. The van der Waals surface area contributed by atoms with E-state index >= 15 is 0 Å². The number of hydrogen-bond donors (Lipinski definition) is 0. The Morgan fingerprint density at radius 1 is 1.42 bits per heavy atom. The van der Waals surface area contributed by atoms with Gasteiger partial charge in [-0.2, -0.15) is 0 Å². The second-order valence-electron chi connectivity index (χ2n) is 2.45. The Bertz CT molecular complexity index is 399. The number of aromatic nitrogens is 1. The van der Waals surface area contributed by atoms with E-state index in [2.05, 4.69) is 24.0 Å². The van der Waals surface area contributed by atoms with Crippen molar-refractivity contribution in [2.75, 3.05) is 0 Å². The first-order valence-electron chi connectivity index (χ1n) is 3.30. The smallest absolute Gasteiger partial charge is 1.00 e. The van der Waals surface area contributed by atoms with Gasteiger partial charge in [0, 0.05) is 0 Å². The Labute approximate surface area is 94.9 Å². The van der Waals surface area contributed by atoms with E-state index in [4.69, 9.17) is 12.6 Å². The summed E-state index contributed by atoms with van der Waals surface area (Å²) in [6, 6.07) is 6.30. The molecule has 0 radical (unpaired) electrons. The second kappa shape index (κ2) is 3.96. The molecule has 0 aliphatic heterocycles. The molecule has 2 aromatic rings. The van der Waals surface area contributed by atoms with Crippen LogP contribution in [0.2, 0.25) is 0 Å². The Hall–Kier alpha value is 0.227. The Morgan fingerprint density at radius 2 is 2.17 bits per heavy atom. The molecule has 12 heavy (non-hydrogen) atoms. The largest absolute Gasteiger partial charge is 1.00 e. The first-order valence-corrected chi connectivity index (χ1v) is 5.42. The molecule has 0 spiro atoms. The van der Waals surface area contributed by atoms with E-state index in [1.807, 2.05) is 6.07 Å². The van der Waals surface area contributed by atoms with E-state index < -0.39 is 0 Å².